The van der Waals surface area contributed by atoms with E-state index in [0.717, 1.165) is 29.3 Å². The van der Waals surface area contributed by atoms with Crippen molar-refractivity contribution >= 4 is 28.5 Å². The highest BCUT2D eigenvalue weighted by molar-refractivity contribution is 7.16. The number of anilines is 1. The van der Waals surface area contributed by atoms with Gasteiger partial charge >= 0.3 is 0 Å². The van der Waals surface area contributed by atoms with Crippen LogP contribution in [-0.2, 0) is 6.42 Å². The average molecular weight is 286 g/mol. The summed E-state index contributed by atoms with van der Waals surface area (Å²) in [6.07, 6.45) is 7.71. The molecule has 0 radical (unpaired) electrons. The molecule has 1 aliphatic rings. The third kappa shape index (κ3) is 3.02. The molecule has 0 bridgehead atoms. The second-order valence-electron chi connectivity index (χ2n) is 4.82. The number of rotatable bonds is 3. The first-order valence-electron chi connectivity index (χ1n) is 6.91. The Balaban J connectivity index is 1.78. The van der Waals surface area contributed by atoms with Crippen LogP contribution in [0.15, 0.2) is 24.3 Å². The second-order valence-corrected chi connectivity index (χ2v) is 5.85. The highest BCUT2D eigenvalue weighted by atomic mass is 32.1. The minimum atomic E-state index is 0.878. The maximum absolute atomic E-state index is 5.23. The summed E-state index contributed by atoms with van der Waals surface area (Å²) in [5.41, 5.74) is 2.35. The van der Waals surface area contributed by atoms with Gasteiger partial charge in [0, 0.05) is 6.54 Å². The highest BCUT2D eigenvalue weighted by Crippen LogP contribution is 2.29. The molecule has 4 heteroatoms. The Labute approximate surface area is 123 Å². The van der Waals surface area contributed by atoms with Crippen molar-refractivity contribution in [3.63, 3.8) is 0 Å². The lowest BCUT2D eigenvalue weighted by Crippen LogP contribution is -1.96. The van der Waals surface area contributed by atoms with E-state index in [9.17, 15) is 0 Å². The molecule has 0 atom stereocenters. The van der Waals surface area contributed by atoms with E-state index in [-0.39, 0.29) is 0 Å². The molecule has 0 fully saturated rings. The van der Waals surface area contributed by atoms with Crippen molar-refractivity contribution in [2.24, 2.45) is 0 Å². The van der Waals surface area contributed by atoms with Gasteiger partial charge in [0.25, 0.3) is 0 Å². The zero-order chi connectivity index (χ0) is 13.8. The molecule has 1 aromatic heterocycles. The number of nitrogens with one attached hydrogen (secondary N) is 1. The van der Waals surface area contributed by atoms with Crippen molar-refractivity contribution in [2.75, 3.05) is 19.0 Å². The molecule has 20 heavy (non-hydrogen) atoms. The lowest BCUT2D eigenvalue weighted by Gasteiger charge is -1.99. The molecule has 0 saturated carbocycles. The van der Waals surface area contributed by atoms with E-state index in [1.165, 1.54) is 23.5 Å². The van der Waals surface area contributed by atoms with Gasteiger partial charge in [0.1, 0.15) is 15.8 Å². The fourth-order valence-electron chi connectivity index (χ4n) is 2.28. The number of thiazole rings is 1. The Morgan fingerprint density at radius 2 is 2.25 bits per heavy atom. The van der Waals surface area contributed by atoms with Crippen LogP contribution in [0.1, 0.15) is 29.1 Å². The predicted octanol–water partition coefficient (Wildman–Crippen LogP) is 4.07. The van der Waals surface area contributed by atoms with Gasteiger partial charge in [0.2, 0.25) is 0 Å². The molecule has 104 valence electrons. The molecule has 1 N–H and O–H groups in total. The zero-order valence-corrected chi connectivity index (χ0v) is 12.4. The molecule has 0 aliphatic carbocycles. The Morgan fingerprint density at radius 3 is 3.15 bits per heavy atom. The summed E-state index contributed by atoms with van der Waals surface area (Å²) in [7, 11) is 1.69. The van der Waals surface area contributed by atoms with Crippen LogP contribution in [0, 0.1) is 0 Å². The number of ether oxygens (including phenoxy) is 1. The molecule has 0 amide bonds. The number of nitrogens with zero attached hydrogens (tertiary/aromatic N) is 1. The monoisotopic (exact) mass is 286 g/mol. The number of hydrogen-bond acceptors (Lipinski definition) is 4. The van der Waals surface area contributed by atoms with Crippen molar-refractivity contribution in [3.05, 3.63) is 40.5 Å². The fourth-order valence-corrected chi connectivity index (χ4v) is 3.22. The van der Waals surface area contributed by atoms with Crippen LogP contribution in [0.4, 0.5) is 5.00 Å². The summed E-state index contributed by atoms with van der Waals surface area (Å²) in [6.45, 7) is 1.06. The van der Waals surface area contributed by atoms with Gasteiger partial charge in [-0.2, -0.15) is 0 Å². The van der Waals surface area contributed by atoms with E-state index in [2.05, 4.69) is 23.5 Å². The lowest BCUT2D eigenvalue weighted by atomic mass is 10.2. The molecule has 0 unspecified atom stereocenters. The second kappa shape index (κ2) is 6.09. The Bertz CT molecular complexity index is 595. The topological polar surface area (TPSA) is 34.1 Å². The van der Waals surface area contributed by atoms with E-state index in [0.29, 0.717) is 0 Å². The first-order chi connectivity index (χ1) is 9.85. The maximum Gasteiger partial charge on any atom is 0.119 e. The zero-order valence-electron chi connectivity index (χ0n) is 11.6. The minimum Gasteiger partial charge on any atom is -0.497 e. The number of methoxy groups -OCH3 is 1. The van der Waals surface area contributed by atoms with E-state index in [1.54, 1.807) is 18.4 Å². The summed E-state index contributed by atoms with van der Waals surface area (Å²) in [4.78, 5) is 4.71. The van der Waals surface area contributed by atoms with Crippen molar-refractivity contribution in [3.8, 4) is 5.75 Å². The Hall–Kier alpha value is -1.81. The van der Waals surface area contributed by atoms with E-state index >= 15 is 0 Å². The lowest BCUT2D eigenvalue weighted by molar-refractivity contribution is 0.414. The number of hydrogen-bond donors (Lipinski definition) is 1. The fraction of sp³-hybridized carbons (Fsp3) is 0.312. The molecule has 3 rings (SSSR count). The number of aromatic nitrogens is 1. The number of fused-ring (bicyclic) bond motifs is 1. The van der Waals surface area contributed by atoms with Crippen LogP contribution >= 0.6 is 11.3 Å². The predicted molar refractivity (Wildman–Crippen MR) is 85.5 cm³/mol. The molecule has 0 saturated heterocycles. The summed E-state index contributed by atoms with van der Waals surface area (Å²) >= 11 is 1.74. The van der Waals surface area contributed by atoms with Gasteiger partial charge in [-0.1, -0.05) is 29.5 Å². The third-order valence-electron chi connectivity index (χ3n) is 3.35. The molecular formula is C16H18N2OS. The first kappa shape index (κ1) is 13.2. The summed E-state index contributed by atoms with van der Waals surface area (Å²) in [5.74, 6) is 0.878. The van der Waals surface area contributed by atoms with E-state index in [4.69, 9.17) is 9.72 Å². The molecule has 0 spiro atoms. The van der Waals surface area contributed by atoms with Gasteiger partial charge in [0.05, 0.1) is 12.8 Å². The van der Waals surface area contributed by atoms with Gasteiger partial charge in [0.15, 0.2) is 0 Å². The Morgan fingerprint density at radius 1 is 1.30 bits per heavy atom. The van der Waals surface area contributed by atoms with Crippen LogP contribution in [-0.4, -0.2) is 18.6 Å². The largest absolute Gasteiger partial charge is 0.497 e. The SMILES string of the molecule is COc1cccc(C=Cc2nc3c(s2)NCCCC3)c1. The van der Waals surface area contributed by atoms with Gasteiger partial charge in [-0.25, -0.2) is 4.98 Å². The molecule has 1 aliphatic heterocycles. The van der Waals surface area contributed by atoms with E-state index in [1.807, 2.05) is 18.2 Å². The van der Waals surface area contributed by atoms with Crippen LogP contribution in [0.2, 0.25) is 0 Å². The number of benzene rings is 1. The van der Waals surface area contributed by atoms with Crippen LogP contribution in [0.5, 0.6) is 5.75 Å². The van der Waals surface area contributed by atoms with Gasteiger partial charge < -0.3 is 10.1 Å². The molecule has 2 aromatic rings. The van der Waals surface area contributed by atoms with Crippen molar-refractivity contribution in [2.45, 2.75) is 19.3 Å². The quantitative estimate of drug-likeness (QED) is 0.923. The summed E-state index contributed by atoms with van der Waals surface area (Å²) < 4.78 is 5.23. The van der Waals surface area contributed by atoms with Crippen molar-refractivity contribution < 1.29 is 4.74 Å². The van der Waals surface area contributed by atoms with E-state index < -0.39 is 0 Å². The van der Waals surface area contributed by atoms with Crippen LogP contribution in [0.3, 0.4) is 0 Å². The van der Waals surface area contributed by atoms with Gasteiger partial charge in [-0.05, 0) is 43.0 Å². The van der Waals surface area contributed by atoms with Crippen molar-refractivity contribution in [1.29, 1.82) is 0 Å². The molecule has 3 nitrogen and oxygen atoms in total. The summed E-state index contributed by atoms with van der Waals surface area (Å²) in [6, 6.07) is 8.03. The third-order valence-corrected chi connectivity index (χ3v) is 4.37. The number of aryl methyl sites for hydroxylation is 1. The maximum atomic E-state index is 5.23. The highest BCUT2D eigenvalue weighted by Gasteiger charge is 2.12. The molecule has 1 aromatic carbocycles. The standard InChI is InChI=1S/C16H18N2OS/c1-19-13-6-4-5-12(11-13)8-9-15-18-14-7-2-3-10-17-16(14)20-15/h4-6,8-9,11,17H,2-3,7,10H2,1H3. The first-order valence-corrected chi connectivity index (χ1v) is 7.72. The van der Waals surface area contributed by atoms with Gasteiger partial charge in [-0.15, -0.1) is 0 Å². The minimum absolute atomic E-state index is 0.878. The summed E-state index contributed by atoms with van der Waals surface area (Å²) in [5, 5.41) is 5.77. The molecular weight excluding hydrogens is 268 g/mol. The van der Waals surface area contributed by atoms with Crippen LogP contribution < -0.4 is 10.1 Å². The van der Waals surface area contributed by atoms with Crippen LogP contribution in [0.25, 0.3) is 12.2 Å². The normalized spacial score (nSPS) is 14.7. The Kier molecular flexibility index (Phi) is 4.02. The van der Waals surface area contributed by atoms with Gasteiger partial charge in [-0.3, -0.25) is 0 Å². The average Bonchev–Trinajstić information content (AvgIpc) is 2.75. The van der Waals surface area contributed by atoms with Crippen molar-refractivity contribution in [1.82, 2.24) is 4.98 Å². The smallest absolute Gasteiger partial charge is 0.119 e. The molecule has 2 heterocycles.